The van der Waals surface area contributed by atoms with Gasteiger partial charge >= 0.3 is 23.9 Å². The van der Waals surface area contributed by atoms with Gasteiger partial charge in [0.05, 0.1) is 37.6 Å². The molecule has 70 heavy (non-hydrogen) atoms. The Bertz CT molecular complexity index is 1810. The van der Waals surface area contributed by atoms with Gasteiger partial charge in [0.25, 0.3) is 0 Å². The molecule has 386 valence electrons. The predicted octanol–water partition coefficient (Wildman–Crippen LogP) is 15.5. The van der Waals surface area contributed by atoms with Crippen LogP contribution in [0.25, 0.3) is 0 Å². The highest BCUT2D eigenvalue weighted by molar-refractivity contribution is 5.92. The van der Waals surface area contributed by atoms with E-state index in [2.05, 4.69) is 13.2 Å². The van der Waals surface area contributed by atoms with Crippen LogP contribution >= 0.6 is 0 Å². The summed E-state index contributed by atoms with van der Waals surface area (Å²) in [6, 6.07) is 13.7. The van der Waals surface area contributed by atoms with Crippen molar-refractivity contribution in [3.63, 3.8) is 0 Å². The predicted molar refractivity (Wildman–Crippen MR) is 272 cm³/mol. The third kappa shape index (κ3) is 27.6. The average Bonchev–Trinajstić information content (AvgIpc) is 3.35. The van der Waals surface area contributed by atoms with Crippen LogP contribution in [0.15, 0.2) is 86.0 Å². The zero-order chi connectivity index (χ0) is 50.3. The van der Waals surface area contributed by atoms with Crippen molar-refractivity contribution in [2.45, 2.75) is 180 Å². The summed E-state index contributed by atoms with van der Waals surface area (Å²) in [5.41, 5.74) is -0.495. The molecule has 0 spiro atoms. The number of hydrogen-bond donors (Lipinski definition) is 0. The Kier molecular flexibility index (Phi) is 32.1. The SMILES string of the molecule is C=CC(=O)OCCCCCCCCCCCCCCCCOc1ccc(C(=O)Oc2ccc(OC(=O)c3ccc(OCCCCCCCCCCCCCCCCOC(=O)C=C)cc3F)cc2)c(F)c1. The molecule has 0 unspecified atom stereocenters. The molecule has 0 heterocycles. The summed E-state index contributed by atoms with van der Waals surface area (Å²) in [7, 11) is 0. The van der Waals surface area contributed by atoms with Gasteiger partial charge in [-0.25, -0.2) is 28.0 Å². The molecule has 0 bridgehead atoms. The van der Waals surface area contributed by atoms with Crippen molar-refractivity contribution >= 4 is 23.9 Å². The van der Waals surface area contributed by atoms with Gasteiger partial charge in [-0.2, -0.15) is 0 Å². The Morgan fingerprint density at radius 2 is 0.600 bits per heavy atom. The zero-order valence-corrected chi connectivity index (χ0v) is 41.8. The van der Waals surface area contributed by atoms with E-state index < -0.39 is 23.6 Å². The summed E-state index contributed by atoms with van der Waals surface area (Å²) >= 11 is 0. The van der Waals surface area contributed by atoms with E-state index in [1.165, 1.54) is 176 Å². The van der Waals surface area contributed by atoms with Crippen LogP contribution in [0, 0.1) is 11.6 Å². The topological polar surface area (TPSA) is 124 Å². The van der Waals surface area contributed by atoms with E-state index in [1.807, 2.05) is 0 Å². The van der Waals surface area contributed by atoms with E-state index in [0.29, 0.717) is 37.9 Å². The molecule has 3 aromatic rings. The molecular weight excluding hydrogens is 895 g/mol. The van der Waals surface area contributed by atoms with Crippen LogP contribution < -0.4 is 18.9 Å². The largest absolute Gasteiger partial charge is 0.493 e. The van der Waals surface area contributed by atoms with Crippen molar-refractivity contribution in [1.29, 1.82) is 0 Å². The minimum absolute atomic E-state index is 0.108. The standard InChI is InChI=1S/C58H80F2O10/c1-3-55(61)67-43-31-27-23-19-15-11-7-5-9-13-17-21-25-29-41-65-49-37-39-51(53(59)45-49)57(63)69-47-33-35-48(36-34-47)70-58(64)52-40-38-50(46-54(52)60)66-42-30-26-22-18-14-10-6-8-12-16-20-24-28-32-44-68-56(62)4-2/h3-4,33-40,45-46H,1-2,5-32,41-44H2. The first-order chi connectivity index (χ1) is 34.2. The number of benzene rings is 3. The normalized spacial score (nSPS) is 10.9. The maximum Gasteiger partial charge on any atom is 0.346 e. The van der Waals surface area contributed by atoms with Gasteiger partial charge in [0.1, 0.15) is 34.6 Å². The summed E-state index contributed by atoms with van der Waals surface area (Å²) in [6.45, 7) is 8.66. The Balaban J connectivity index is 1.18. The second-order valence-electron chi connectivity index (χ2n) is 17.9. The molecule has 3 aromatic carbocycles. The third-order valence-electron chi connectivity index (χ3n) is 12.0. The monoisotopic (exact) mass is 975 g/mol. The van der Waals surface area contributed by atoms with Crippen molar-refractivity contribution < 1.29 is 56.4 Å². The first-order valence-corrected chi connectivity index (χ1v) is 26.2. The lowest BCUT2D eigenvalue weighted by molar-refractivity contribution is -0.138. The molecular formula is C58H80F2O10. The van der Waals surface area contributed by atoms with Crippen LogP contribution in [0.4, 0.5) is 8.78 Å². The molecule has 0 N–H and O–H groups in total. The molecule has 3 rings (SSSR count). The molecule has 0 amide bonds. The van der Waals surface area contributed by atoms with Crippen molar-refractivity contribution in [1.82, 2.24) is 0 Å². The summed E-state index contributed by atoms with van der Waals surface area (Å²) < 4.78 is 61.9. The fourth-order valence-corrected chi connectivity index (χ4v) is 7.90. The molecule has 10 nitrogen and oxygen atoms in total. The Morgan fingerprint density at radius 3 is 0.857 bits per heavy atom. The lowest BCUT2D eigenvalue weighted by Crippen LogP contribution is -2.12. The van der Waals surface area contributed by atoms with E-state index in [4.69, 9.17) is 28.4 Å². The molecule has 0 saturated carbocycles. The minimum atomic E-state index is -0.893. The molecule has 0 radical (unpaired) electrons. The van der Waals surface area contributed by atoms with Crippen LogP contribution in [0.5, 0.6) is 23.0 Å². The average molecular weight is 975 g/mol. The van der Waals surface area contributed by atoms with E-state index in [-0.39, 0.29) is 34.6 Å². The second-order valence-corrected chi connectivity index (χ2v) is 17.9. The highest BCUT2D eigenvalue weighted by Crippen LogP contribution is 2.24. The Hall–Kier alpha value is -5.52. The van der Waals surface area contributed by atoms with E-state index in [9.17, 15) is 28.0 Å². The van der Waals surface area contributed by atoms with Crippen molar-refractivity contribution in [3.05, 3.63) is 109 Å². The fourth-order valence-electron chi connectivity index (χ4n) is 7.90. The smallest absolute Gasteiger partial charge is 0.346 e. The zero-order valence-electron chi connectivity index (χ0n) is 41.8. The fraction of sp³-hybridized carbons (Fsp3) is 0.552. The molecule has 0 saturated heterocycles. The first-order valence-electron chi connectivity index (χ1n) is 26.2. The summed E-state index contributed by atoms with van der Waals surface area (Å²) in [5.74, 6) is -3.11. The molecule has 0 atom stereocenters. The van der Waals surface area contributed by atoms with Crippen molar-refractivity contribution in [2.75, 3.05) is 26.4 Å². The molecule has 0 aliphatic rings. The van der Waals surface area contributed by atoms with Crippen molar-refractivity contribution in [2.24, 2.45) is 0 Å². The molecule has 0 aliphatic carbocycles. The van der Waals surface area contributed by atoms with Crippen molar-refractivity contribution in [3.8, 4) is 23.0 Å². The Morgan fingerprint density at radius 1 is 0.357 bits per heavy atom. The minimum Gasteiger partial charge on any atom is -0.493 e. The van der Waals surface area contributed by atoms with Crippen LogP contribution in [-0.2, 0) is 19.1 Å². The van der Waals surface area contributed by atoms with Gasteiger partial charge in [-0.05, 0) is 74.2 Å². The summed E-state index contributed by atoms with van der Waals surface area (Å²) in [4.78, 5) is 47.6. The van der Waals surface area contributed by atoms with Crippen LogP contribution in [0.2, 0.25) is 0 Å². The quantitative estimate of drug-likeness (QED) is 0.0235. The second kappa shape index (κ2) is 38.3. The highest BCUT2D eigenvalue weighted by atomic mass is 19.1. The van der Waals surface area contributed by atoms with Crippen LogP contribution in [0.3, 0.4) is 0 Å². The molecule has 0 fully saturated rings. The first kappa shape index (κ1) is 58.8. The number of esters is 4. The number of ether oxygens (including phenoxy) is 6. The van der Waals surface area contributed by atoms with Gasteiger partial charge in [0.15, 0.2) is 0 Å². The van der Waals surface area contributed by atoms with Gasteiger partial charge in [0.2, 0.25) is 0 Å². The molecule has 0 aliphatic heterocycles. The summed E-state index contributed by atoms with van der Waals surface area (Å²) in [5, 5.41) is 0. The van der Waals surface area contributed by atoms with Gasteiger partial charge in [-0.1, -0.05) is 167 Å². The van der Waals surface area contributed by atoms with Gasteiger partial charge in [-0.15, -0.1) is 0 Å². The third-order valence-corrected chi connectivity index (χ3v) is 12.0. The van der Waals surface area contributed by atoms with Crippen LogP contribution in [0.1, 0.15) is 200 Å². The van der Waals surface area contributed by atoms with Gasteiger partial charge < -0.3 is 28.4 Å². The number of hydrogen-bond acceptors (Lipinski definition) is 10. The summed E-state index contributed by atoms with van der Waals surface area (Å²) in [6.07, 6.45) is 34.7. The number of rotatable bonds is 42. The van der Waals surface area contributed by atoms with Crippen LogP contribution in [-0.4, -0.2) is 50.3 Å². The molecule has 0 aromatic heterocycles. The number of halogens is 2. The van der Waals surface area contributed by atoms with Gasteiger partial charge in [-0.3, -0.25) is 0 Å². The maximum atomic E-state index is 14.9. The highest BCUT2D eigenvalue weighted by Gasteiger charge is 2.18. The number of unbranched alkanes of at least 4 members (excludes halogenated alkanes) is 26. The lowest BCUT2D eigenvalue weighted by atomic mass is 10.0. The lowest BCUT2D eigenvalue weighted by Gasteiger charge is -2.10. The van der Waals surface area contributed by atoms with Gasteiger partial charge in [0, 0.05) is 24.3 Å². The van der Waals surface area contributed by atoms with E-state index in [0.717, 1.165) is 64.2 Å². The van der Waals surface area contributed by atoms with E-state index in [1.54, 1.807) is 12.1 Å². The number of carbonyl (C=O) groups is 4. The molecule has 12 heteroatoms. The maximum absolute atomic E-state index is 14.9. The van der Waals surface area contributed by atoms with E-state index >= 15 is 0 Å². The Labute approximate surface area is 416 Å². The number of carbonyl (C=O) groups excluding carboxylic acids is 4.